The second-order valence-corrected chi connectivity index (χ2v) is 7.28. The van der Waals surface area contributed by atoms with Gasteiger partial charge in [0.25, 0.3) is 5.91 Å². The SMILES string of the molecule is O=C(NC[C@H](c1ccc(F)cc1)N1CCOCC1)c1cc2cc(Cl)ccc2[nH]1. The van der Waals surface area contributed by atoms with Gasteiger partial charge < -0.3 is 15.0 Å². The Morgan fingerprint density at radius 2 is 1.93 bits per heavy atom. The summed E-state index contributed by atoms with van der Waals surface area (Å²) in [5, 5.41) is 4.52. The first kappa shape index (κ1) is 18.9. The number of fused-ring (bicyclic) bond motifs is 1. The topological polar surface area (TPSA) is 57.4 Å². The molecular formula is C21H21ClFN3O2. The third-order valence-corrected chi connectivity index (χ3v) is 5.26. The van der Waals surface area contributed by atoms with Crippen molar-refractivity contribution in [2.24, 2.45) is 0 Å². The van der Waals surface area contributed by atoms with Crippen molar-refractivity contribution in [1.29, 1.82) is 0 Å². The van der Waals surface area contributed by atoms with Gasteiger partial charge in [-0.25, -0.2) is 4.39 Å². The Bertz CT molecular complexity index is 967. The van der Waals surface area contributed by atoms with Crippen molar-refractivity contribution in [3.8, 4) is 0 Å². The first-order valence-electron chi connectivity index (χ1n) is 9.24. The molecule has 4 rings (SSSR count). The zero-order chi connectivity index (χ0) is 19.5. The van der Waals surface area contributed by atoms with E-state index >= 15 is 0 Å². The highest BCUT2D eigenvalue weighted by molar-refractivity contribution is 6.31. The lowest BCUT2D eigenvalue weighted by atomic mass is 10.0. The molecule has 1 fully saturated rings. The molecule has 1 aliphatic rings. The number of morpholine rings is 1. The molecule has 0 unspecified atom stereocenters. The van der Waals surface area contributed by atoms with Crippen LogP contribution in [0.15, 0.2) is 48.5 Å². The normalized spacial score (nSPS) is 16.2. The van der Waals surface area contributed by atoms with Gasteiger partial charge in [0.2, 0.25) is 0 Å². The van der Waals surface area contributed by atoms with Crippen LogP contribution in [0.4, 0.5) is 4.39 Å². The standard InChI is InChI=1S/C21H21ClFN3O2/c22-16-3-6-18-15(11-16)12-19(25-18)21(27)24-13-20(26-7-9-28-10-8-26)14-1-4-17(23)5-2-14/h1-6,11-12,20,25H,7-10,13H2,(H,24,27)/t20-/m1/s1. The third-order valence-electron chi connectivity index (χ3n) is 5.02. The fourth-order valence-electron chi connectivity index (χ4n) is 3.54. The number of benzene rings is 2. The van der Waals surface area contributed by atoms with Gasteiger partial charge in [-0.3, -0.25) is 9.69 Å². The van der Waals surface area contributed by atoms with E-state index in [1.807, 2.05) is 12.1 Å². The Balaban J connectivity index is 1.50. The number of carbonyl (C=O) groups is 1. The number of nitrogens with one attached hydrogen (secondary N) is 2. The molecule has 1 aliphatic heterocycles. The summed E-state index contributed by atoms with van der Waals surface area (Å²) < 4.78 is 18.8. The van der Waals surface area contributed by atoms with E-state index < -0.39 is 0 Å². The van der Waals surface area contributed by atoms with E-state index in [-0.39, 0.29) is 17.8 Å². The summed E-state index contributed by atoms with van der Waals surface area (Å²) in [6, 6.07) is 13.6. The molecule has 0 saturated carbocycles. The molecule has 2 aromatic carbocycles. The van der Waals surface area contributed by atoms with Crippen LogP contribution in [0.1, 0.15) is 22.1 Å². The smallest absolute Gasteiger partial charge is 0.267 e. The van der Waals surface area contributed by atoms with E-state index in [1.165, 1.54) is 12.1 Å². The summed E-state index contributed by atoms with van der Waals surface area (Å²) in [6.45, 7) is 3.25. The molecule has 1 atom stereocenters. The Kier molecular flexibility index (Phi) is 5.62. The Morgan fingerprint density at radius 1 is 1.18 bits per heavy atom. The van der Waals surface area contributed by atoms with Crippen LogP contribution < -0.4 is 5.32 Å². The molecule has 3 aromatic rings. The van der Waals surface area contributed by atoms with Crippen molar-refractivity contribution in [2.75, 3.05) is 32.8 Å². The van der Waals surface area contributed by atoms with Crippen molar-refractivity contribution in [2.45, 2.75) is 6.04 Å². The highest BCUT2D eigenvalue weighted by Gasteiger charge is 2.23. The number of ether oxygens (including phenoxy) is 1. The van der Waals surface area contributed by atoms with Gasteiger partial charge in [-0.1, -0.05) is 23.7 Å². The minimum atomic E-state index is -0.273. The van der Waals surface area contributed by atoms with Crippen LogP contribution in [0, 0.1) is 5.82 Å². The molecule has 1 aromatic heterocycles. The second-order valence-electron chi connectivity index (χ2n) is 6.84. The van der Waals surface area contributed by atoms with Gasteiger partial charge in [0.15, 0.2) is 0 Å². The molecule has 5 nitrogen and oxygen atoms in total. The van der Waals surface area contributed by atoms with Crippen LogP contribution in [0.5, 0.6) is 0 Å². The number of hydrogen-bond acceptors (Lipinski definition) is 3. The molecule has 1 saturated heterocycles. The molecular weight excluding hydrogens is 381 g/mol. The van der Waals surface area contributed by atoms with E-state index in [0.29, 0.717) is 30.5 Å². The second kappa shape index (κ2) is 8.31. The number of aromatic nitrogens is 1. The van der Waals surface area contributed by atoms with Gasteiger partial charge in [-0.05, 0) is 42.0 Å². The monoisotopic (exact) mass is 401 g/mol. The maximum Gasteiger partial charge on any atom is 0.267 e. The molecule has 146 valence electrons. The number of aromatic amines is 1. The van der Waals surface area contributed by atoms with Gasteiger partial charge >= 0.3 is 0 Å². The predicted octanol–water partition coefficient (Wildman–Crippen LogP) is 3.76. The number of nitrogens with zero attached hydrogens (tertiary/aromatic N) is 1. The Morgan fingerprint density at radius 3 is 2.68 bits per heavy atom. The summed E-state index contributed by atoms with van der Waals surface area (Å²) in [6.07, 6.45) is 0. The maximum absolute atomic E-state index is 13.3. The van der Waals surface area contributed by atoms with E-state index in [1.54, 1.807) is 24.3 Å². The van der Waals surface area contributed by atoms with E-state index in [9.17, 15) is 9.18 Å². The quantitative estimate of drug-likeness (QED) is 0.684. The number of amides is 1. The summed E-state index contributed by atoms with van der Waals surface area (Å²) in [4.78, 5) is 18.1. The van der Waals surface area contributed by atoms with Gasteiger partial charge in [0.05, 0.1) is 19.3 Å². The van der Waals surface area contributed by atoms with Gasteiger partial charge in [-0.2, -0.15) is 0 Å². The molecule has 2 heterocycles. The Labute approximate surface area is 167 Å². The van der Waals surface area contributed by atoms with Crippen molar-refractivity contribution >= 4 is 28.4 Å². The maximum atomic E-state index is 13.3. The van der Waals surface area contributed by atoms with Crippen LogP contribution in [-0.4, -0.2) is 48.6 Å². The fourth-order valence-corrected chi connectivity index (χ4v) is 3.72. The van der Waals surface area contributed by atoms with E-state index in [0.717, 1.165) is 29.6 Å². The van der Waals surface area contributed by atoms with Crippen molar-refractivity contribution in [3.05, 3.63) is 70.6 Å². The van der Waals surface area contributed by atoms with Crippen molar-refractivity contribution < 1.29 is 13.9 Å². The predicted molar refractivity (Wildman–Crippen MR) is 107 cm³/mol. The third kappa shape index (κ3) is 4.19. The number of halogens is 2. The summed E-state index contributed by atoms with van der Waals surface area (Å²) >= 11 is 6.02. The summed E-state index contributed by atoms with van der Waals surface area (Å²) in [5.74, 6) is -0.460. The molecule has 0 spiro atoms. The minimum absolute atomic E-state index is 0.0488. The first-order valence-corrected chi connectivity index (χ1v) is 9.62. The molecule has 0 radical (unpaired) electrons. The highest BCUT2D eigenvalue weighted by Crippen LogP contribution is 2.23. The van der Waals surface area contributed by atoms with Crippen molar-refractivity contribution in [3.63, 3.8) is 0 Å². The average Bonchev–Trinajstić information content (AvgIpc) is 3.13. The zero-order valence-electron chi connectivity index (χ0n) is 15.3. The lowest BCUT2D eigenvalue weighted by Gasteiger charge is -2.34. The summed E-state index contributed by atoms with van der Waals surface area (Å²) in [5.41, 5.74) is 2.31. The fraction of sp³-hybridized carbons (Fsp3) is 0.286. The average molecular weight is 402 g/mol. The first-order chi connectivity index (χ1) is 13.6. The van der Waals surface area contributed by atoms with Crippen LogP contribution >= 0.6 is 11.6 Å². The van der Waals surface area contributed by atoms with Gasteiger partial charge in [0, 0.05) is 35.6 Å². The number of carbonyl (C=O) groups excluding carboxylic acids is 1. The zero-order valence-corrected chi connectivity index (χ0v) is 16.0. The number of H-pyrrole nitrogens is 1. The number of hydrogen-bond donors (Lipinski definition) is 2. The van der Waals surface area contributed by atoms with Crippen LogP contribution in [0.25, 0.3) is 10.9 Å². The molecule has 28 heavy (non-hydrogen) atoms. The van der Waals surface area contributed by atoms with Crippen LogP contribution in [-0.2, 0) is 4.74 Å². The molecule has 2 N–H and O–H groups in total. The van der Waals surface area contributed by atoms with E-state index in [4.69, 9.17) is 16.3 Å². The van der Waals surface area contributed by atoms with Crippen LogP contribution in [0.2, 0.25) is 5.02 Å². The minimum Gasteiger partial charge on any atom is -0.379 e. The number of rotatable bonds is 5. The van der Waals surface area contributed by atoms with E-state index in [2.05, 4.69) is 15.2 Å². The Hall–Kier alpha value is -2.41. The molecule has 1 amide bonds. The van der Waals surface area contributed by atoms with Crippen molar-refractivity contribution in [1.82, 2.24) is 15.2 Å². The van der Waals surface area contributed by atoms with Gasteiger partial charge in [-0.15, -0.1) is 0 Å². The lowest BCUT2D eigenvalue weighted by molar-refractivity contribution is 0.0162. The molecule has 0 bridgehead atoms. The largest absolute Gasteiger partial charge is 0.379 e. The molecule has 0 aliphatic carbocycles. The molecule has 7 heteroatoms. The van der Waals surface area contributed by atoms with Gasteiger partial charge in [0.1, 0.15) is 11.5 Å². The summed E-state index contributed by atoms with van der Waals surface area (Å²) in [7, 11) is 0. The van der Waals surface area contributed by atoms with Crippen LogP contribution in [0.3, 0.4) is 0 Å². The lowest BCUT2D eigenvalue weighted by Crippen LogP contribution is -2.43. The highest BCUT2D eigenvalue weighted by atomic mass is 35.5.